The summed E-state index contributed by atoms with van der Waals surface area (Å²) in [6.07, 6.45) is 5.24. The first-order valence-electron chi connectivity index (χ1n) is 12.1. The van der Waals surface area contributed by atoms with Gasteiger partial charge >= 0.3 is 0 Å². The highest BCUT2D eigenvalue weighted by molar-refractivity contribution is 7.07. The van der Waals surface area contributed by atoms with Crippen LogP contribution in [0.25, 0.3) is 28.6 Å². The van der Waals surface area contributed by atoms with Crippen LogP contribution >= 0.6 is 11.3 Å². The molecule has 0 aliphatic carbocycles. The maximum atomic E-state index is 13.5. The minimum Gasteiger partial charge on any atom is -0.378 e. The number of allylic oxidation sites excluding steroid dienone is 1. The highest BCUT2D eigenvalue weighted by atomic mass is 32.1. The monoisotopic (exact) mass is 523 g/mol. The Hall–Kier alpha value is -4.52. The van der Waals surface area contributed by atoms with Crippen LogP contribution in [0.1, 0.15) is 5.56 Å². The Bertz CT molecular complexity index is 1690. The van der Waals surface area contributed by atoms with E-state index in [-0.39, 0.29) is 17.7 Å². The van der Waals surface area contributed by atoms with Crippen molar-refractivity contribution in [3.8, 4) is 23.0 Å². The molecule has 5 rings (SSSR count). The molecule has 2 aromatic heterocycles. The fourth-order valence-corrected chi connectivity index (χ4v) is 5.37. The highest BCUT2D eigenvalue weighted by Gasteiger charge is 2.23. The number of hydrogen-bond acceptors (Lipinski definition) is 6. The summed E-state index contributed by atoms with van der Waals surface area (Å²) >= 11 is 1.13. The number of benzene rings is 2. The van der Waals surface area contributed by atoms with E-state index in [0.29, 0.717) is 41.2 Å². The Labute approximate surface area is 223 Å². The van der Waals surface area contributed by atoms with Crippen molar-refractivity contribution >= 4 is 28.9 Å². The number of para-hydroxylation sites is 1. The Morgan fingerprint density at radius 2 is 1.79 bits per heavy atom. The first-order chi connectivity index (χ1) is 18.6. The zero-order valence-corrected chi connectivity index (χ0v) is 21.4. The predicted molar refractivity (Wildman–Crippen MR) is 147 cm³/mol. The molecule has 0 spiro atoms. The molecule has 1 fully saturated rings. The minimum absolute atomic E-state index is 0.0567. The largest absolute Gasteiger partial charge is 0.378 e. The van der Waals surface area contributed by atoms with Gasteiger partial charge in [0.25, 0.3) is 11.5 Å². The molecule has 3 heterocycles. The standard InChI is InChI=1S/C29H25N5O3S/c1-2-13-33-28(36)25(38-29(33)24(19-30)27(35)32-14-16-37-17-15-32)18-22-20-34(23-11-7-4-8-12-23)31-26(22)21-9-5-3-6-10-21/h2-12,18,20H,1,13-17H2/b25-18+,29-24-. The third kappa shape index (κ3) is 5.00. The second-order valence-corrected chi connectivity index (χ2v) is 9.62. The quantitative estimate of drug-likeness (QED) is 0.362. The van der Waals surface area contributed by atoms with Gasteiger partial charge < -0.3 is 9.64 Å². The van der Waals surface area contributed by atoms with Crippen LogP contribution in [0, 0.1) is 11.3 Å². The number of ether oxygens (including phenoxy) is 1. The zero-order chi connectivity index (χ0) is 26.5. The molecule has 0 atom stereocenters. The van der Waals surface area contributed by atoms with Crippen molar-refractivity contribution in [1.29, 1.82) is 5.26 Å². The molecule has 8 nitrogen and oxygen atoms in total. The van der Waals surface area contributed by atoms with Gasteiger partial charge in [0.05, 0.1) is 29.1 Å². The predicted octanol–water partition coefficient (Wildman–Crippen LogP) is 2.31. The number of hydrogen-bond donors (Lipinski definition) is 0. The van der Waals surface area contributed by atoms with Crippen molar-refractivity contribution in [3.63, 3.8) is 0 Å². The van der Waals surface area contributed by atoms with E-state index in [0.717, 1.165) is 28.2 Å². The third-order valence-electron chi connectivity index (χ3n) is 6.15. The Morgan fingerprint density at radius 3 is 2.45 bits per heavy atom. The number of aromatic nitrogens is 3. The molecule has 1 aliphatic rings. The van der Waals surface area contributed by atoms with Gasteiger partial charge in [0.15, 0.2) is 5.57 Å². The summed E-state index contributed by atoms with van der Waals surface area (Å²) in [6, 6.07) is 21.5. The Balaban J connectivity index is 1.71. The zero-order valence-electron chi connectivity index (χ0n) is 20.6. The molecule has 0 unspecified atom stereocenters. The van der Waals surface area contributed by atoms with Crippen LogP contribution in [0.3, 0.4) is 0 Å². The van der Waals surface area contributed by atoms with E-state index in [9.17, 15) is 14.9 Å². The fraction of sp³-hybridized carbons (Fsp3) is 0.172. The van der Waals surface area contributed by atoms with E-state index < -0.39 is 5.91 Å². The number of rotatable bonds is 6. The lowest BCUT2D eigenvalue weighted by molar-refractivity contribution is -0.128. The van der Waals surface area contributed by atoms with E-state index >= 15 is 0 Å². The van der Waals surface area contributed by atoms with E-state index in [2.05, 4.69) is 12.6 Å². The number of nitrogens with zero attached hydrogens (tertiary/aromatic N) is 5. The Morgan fingerprint density at radius 1 is 1.11 bits per heavy atom. The third-order valence-corrected chi connectivity index (χ3v) is 7.28. The maximum absolute atomic E-state index is 13.5. The molecular formula is C29H25N5O3S. The van der Waals surface area contributed by atoms with Crippen molar-refractivity contribution < 1.29 is 9.53 Å². The average molecular weight is 524 g/mol. The summed E-state index contributed by atoms with van der Waals surface area (Å²) in [6.45, 7) is 5.57. The van der Waals surface area contributed by atoms with Crippen molar-refractivity contribution in [2.45, 2.75) is 6.54 Å². The van der Waals surface area contributed by atoms with Crippen LogP contribution in [0.4, 0.5) is 0 Å². The van der Waals surface area contributed by atoms with E-state index in [1.54, 1.807) is 21.7 Å². The summed E-state index contributed by atoms with van der Waals surface area (Å²) in [5.41, 5.74) is 2.90. The molecule has 190 valence electrons. The fourth-order valence-electron chi connectivity index (χ4n) is 4.28. The normalized spacial score (nSPS) is 14.7. The van der Waals surface area contributed by atoms with Gasteiger partial charge in [-0.3, -0.25) is 14.2 Å². The summed E-state index contributed by atoms with van der Waals surface area (Å²) in [4.78, 5) is 28.3. The second-order valence-electron chi connectivity index (χ2n) is 8.59. The topological polar surface area (TPSA) is 93.2 Å². The number of thiazole rings is 1. The highest BCUT2D eigenvalue weighted by Crippen LogP contribution is 2.24. The van der Waals surface area contributed by atoms with Gasteiger partial charge in [0.2, 0.25) is 0 Å². The molecule has 1 amide bonds. The molecule has 0 bridgehead atoms. The summed E-state index contributed by atoms with van der Waals surface area (Å²) < 4.78 is 9.26. The van der Waals surface area contributed by atoms with Gasteiger partial charge in [-0.25, -0.2) is 4.68 Å². The summed E-state index contributed by atoms with van der Waals surface area (Å²) in [5.74, 6) is -0.400. The van der Waals surface area contributed by atoms with Gasteiger partial charge in [0, 0.05) is 37.0 Å². The van der Waals surface area contributed by atoms with Gasteiger partial charge in [-0.15, -0.1) is 17.9 Å². The second kappa shape index (κ2) is 11.3. The van der Waals surface area contributed by atoms with Crippen molar-refractivity contribution in [3.05, 3.63) is 105 Å². The lowest BCUT2D eigenvalue weighted by atomic mass is 10.1. The minimum atomic E-state index is -0.400. The van der Waals surface area contributed by atoms with Gasteiger partial charge in [-0.05, 0) is 18.2 Å². The molecule has 0 N–H and O–H groups in total. The molecular weight excluding hydrogens is 498 g/mol. The van der Waals surface area contributed by atoms with Crippen LogP contribution < -0.4 is 14.8 Å². The molecule has 1 aliphatic heterocycles. The average Bonchev–Trinajstić information content (AvgIpc) is 3.52. The molecule has 9 heteroatoms. The van der Waals surface area contributed by atoms with Gasteiger partial charge in [-0.1, -0.05) is 54.6 Å². The van der Waals surface area contributed by atoms with Gasteiger partial charge in [-0.2, -0.15) is 10.4 Å². The number of nitriles is 1. The molecule has 0 radical (unpaired) electrons. The first-order valence-corrected chi connectivity index (χ1v) is 13.0. The lowest BCUT2D eigenvalue weighted by Crippen LogP contribution is -2.42. The summed E-state index contributed by atoms with van der Waals surface area (Å²) in [7, 11) is 0. The van der Waals surface area contributed by atoms with Crippen molar-refractivity contribution in [2.24, 2.45) is 0 Å². The SMILES string of the molecule is C=CCn1c(=O)/c(=C\c2cn(-c3ccccc3)nc2-c2ccccc2)s/c1=C(/C#N)C(=O)N1CCOCC1. The van der Waals surface area contributed by atoms with E-state index in [1.165, 1.54) is 4.57 Å². The Kier molecular flexibility index (Phi) is 7.45. The maximum Gasteiger partial charge on any atom is 0.269 e. The molecule has 2 aromatic carbocycles. The summed E-state index contributed by atoms with van der Waals surface area (Å²) in [5, 5.41) is 14.8. The first kappa shape index (κ1) is 25.1. The van der Waals surface area contributed by atoms with Crippen LogP contribution in [-0.2, 0) is 16.1 Å². The van der Waals surface area contributed by atoms with E-state index in [1.807, 2.05) is 66.9 Å². The number of carbonyl (C=O) groups is 1. The van der Waals surface area contributed by atoms with Crippen LogP contribution in [0.15, 0.2) is 84.3 Å². The molecule has 1 saturated heterocycles. The lowest BCUT2D eigenvalue weighted by Gasteiger charge is -2.26. The van der Waals surface area contributed by atoms with Crippen molar-refractivity contribution in [2.75, 3.05) is 26.3 Å². The van der Waals surface area contributed by atoms with Crippen LogP contribution in [0.5, 0.6) is 0 Å². The number of carbonyl (C=O) groups excluding carboxylic acids is 1. The van der Waals surface area contributed by atoms with Crippen molar-refractivity contribution in [1.82, 2.24) is 19.2 Å². The van der Waals surface area contributed by atoms with E-state index in [4.69, 9.17) is 9.84 Å². The molecule has 4 aromatic rings. The number of amides is 1. The molecule has 38 heavy (non-hydrogen) atoms. The molecule has 0 saturated carbocycles. The van der Waals surface area contributed by atoms with Crippen LogP contribution in [-0.4, -0.2) is 51.5 Å². The number of morpholine rings is 1. The van der Waals surface area contributed by atoms with Crippen LogP contribution in [0.2, 0.25) is 0 Å². The smallest absolute Gasteiger partial charge is 0.269 e. The van der Waals surface area contributed by atoms with Gasteiger partial charge in [0.1, 0.15) is 10.7 Å².